The molecule has 4 nitrogen and oxygen atoms in total. The van der Waals surface area contributed by atoms with Crippen molar-refractivity contribution in [3.05, 3.63) is 46.7 Å². The van der Waals surface area contributed by atoms with Crippen LogP contribution in [0.2, 0.25) is 0 Å². The highest BCUT2D eigenvalue weighted by molar-refractivity contribution is 6.63. The zero-order valence-electron chi connectivity index (χ0n) is 17.4. The Morgan fingerprint density at radius 3 is 2.10 bits per heavy atom. The average molecular weight is 429 g/mol. The monoisotopic (exact) mass is 429 g/mol. The van der Waals surface area contributed by atoms with Gasteiger partial charge in [-0.1, -0.05) is 6.07 Å². The molecule has 0 saturated carbocycles. The first-order valence-electron chi connectivity index (χ1n) is 9.21. The molecule has 1 fully saturated rings. The SMILES string of the molecule is Cc1cc(B2OC(C)(C)C(C)(C)O2)c(Oc2ccc(F)c(F)c2C)nc1C(F)(F)F. The minimum Gasteiger partial charge on any atom is -0.439 e. The molecule has 3 rings (SSSR count). The molecule has 0 unspecified atom stereocenters. The van der Waals surface area contributed by atoms with Crippen molar-refractivity contribution in [3.8, 4) is 11.6 Å². The van der Waals surface area contributed by atoms with Gasteiger partial charge in [-0.2, -0.15) is 13.2 Å². The van der Waals surface area contributed by atoms with Gasteiger partial charge in [0.2, 0.25) is 5.88 Å². The number of hydrogen-bond donors (Lipinski definition) is 0. The van der Waals surface area contributed by atoms with Crippen molar-refractivity contribution >= 4 is 12.6 Å². The molecule has 0 spiro atoms. The van der Waals surface area contributed by atoms with Gasteiger partial charge < -0.3 is 14.0 Å². The number of pyridine rings is 1. The number of hydrogen-bond acceptors (Lipinski definition) is 4. The van der Waals surface area contributed by atoms with Crippen LogP contribution in [0.4, 0.5) is 22.0 Å². The smallest absolute Gasteiger partial charge is 0.439 e. The molecule has 1 aromatic heterocycles. The van der Waals surface area contributed by atoms with Crippen LogP contribution in [0.5, 0.6) is 11.6 Å². The van der Waals surface area contributed by atoms with Crippen LogP contribution in [0.25, 0.3) is 0 Å². The third-order valence-corrected chi connectivity index (χ3v) is 5.48. The van der Waals surface area contributed by atoms with Gasteiger partial charge in [-0.05, 0) is 59.2 Å². The number of benzene rings is 1. The Bertz CT molecular complexity index is 975. The number of aryl methyl sites for hydroxylation is 1. The third kappa shape index (κ3) is 3.90. The fourth-order valence-electron chi connectivity index (χ4n) is 2.97. The van der Waals surface area contributed by atoms with Gasteiger partial charge in [0.25, 0.3) is 0 Å². The number of ether oxygens (including phenoxy) is 1. The van der Waals surface area contributed by atoms with E-state index in [0.717, 1.165) is 12.1 Å². The van der Waals surface area contributed by atoms with Crippen molar-refractivity contribution in [2.75, 3.05) is 0 Å². The maximum Gasteiger partial charge on any atom is 0.500 e. The molecule has 0 atom stereocenters. The molecule has 0 aliphatic carbocycles. The van der Waals surface area contributed by atoms with Gasteiger partial charge in [0.05, 0.1) is 11.2 Å². The van der Waals surface area contributed by atoms with Crippen LogP contribution in [0.15, 0.2) is 18.2 Å². The van der Waals surface area contributed by atoms with Gasteiger partial charge in [-0.3, -0.25) is 0 Å². The van der Waals surface area contributed by atoms with Crippen molar-refractivity contribution in [1.29, 1.82) is 0 Å². The van der Waals surface area contributed by atoms with Crippen LogP contribution in [-0.4, -0.2) is 23.3 Å². The molecule has 162 valence electrons. The molecule has 0 N–H and O–H groups in total. The second-order valence-corrected chi connectivity index (χ2v) is 8.22. The van der Waals surface area contributed by atoms with Crippen molar-refractivity contribution < 1.29 is 36.0 Å². The molecule has 0 amide bonds. The van der Waals surface area contributed by atoms with E-state index in [1.54, 1.807) is 27.7 Å². The van der Waals surface area contributed by atoms with Crippen molar-refractivity contribution in [2.24, 2.45) is 0 Å². The first-order chi connectivity index (χ1) is 13.6. The summed E-state index contributed by atoms with van der Waals surface area (Å²) in [5.74, 6) is -2.89. The summed E-state index contributed by atoms with van der Waals surface area (Å²) in [6.45, 7) is 9.67. The largest absolute Gasteiger partial charge is 0.500 e. The second-order valence-electron chi connectivity index (χ2n) is 8.22. The van der Waals surface area contributed by atoms with Crippen molar-refractivity contribution in [2.45, 2.75) is 58.9 Å². The molecule has 1 aliphatic heterocycles. The minimum atomic E-state index is -4.74. The molecule has 1 aliphatic rings. The summed E-state index contributed by atoms with van der Waals surface area (Å²) >= 11 is 0. The Balaban J connectivity index is 2.14. The summed E-state index contributed by atoms with van der Waals surface area (Å²) in [5, 5.41) is 0. The Hall–Kier alpha value is -2.20. The van der Waals surface area contributed by atoms with Gasteiger partial charge in [-0.25, -0.2) is 13.8 Å². The van der Waals surface area contributed by atoms with E-state index in [4.69, 9.17) is 14.0 Å². The highest BCUT2D eigenvalue weighted by atomic mass is 19.4. The zero-order chi connectivity index (χ0) is 22.6. The fraction of sp³-hybridized carbons (Fsp3) is 0.450. The Labute approximate surface area is 171 Å². The van der Waals surface area contributed by atoms with Crippen molar-refractivity contribution in [1.82, 2.24) is 4.98 Å². The van der Waals surface area contributed by atoms with E-state index < -0.39 is 47.7 Å². The maximum atomic E-state index is 13.9. The van der Waals surface area contributed by atoms with E-state index in [2.05, 4.69) is 4.98 Å². The van der Waals surface area contributed by atoms with Gasteiger partial charge in [0.15, 0.2) is 17.3 Å². The molecular weight excluding hydrogens is 408 g/mol. The number of alkyl halides is 3. The second kappa shape index (κ2) is 7.20. The number of nitrogens with zero attached hydrogens (tertiary/aromatic N) is 1. The lowest BCUT2D eigenvalue weighted by molar-refractivity contribution is -0.141. The summed E-state index contributed by atoms with van der Waals surface area (Å²) < 4.78 is 85.0. The van der Waals surface area contributed by atoms with Crippen LogP contribution in [0, 0.1) is 25.5 Å². The molecule has 0 radical (unpaired) electrons. The van der Waals surface area contributed by atoms with E-state index in [9.17, 15) is 22.0 Å². The van der Waals surface area contributed by atoms with E-state index in [1.807, 2.05) is 0 Å². The normalized spacial score (nSPS) is 18.0. The maximum absolute atomic E-state index is 13.9. The molecule has 1 saturated heterocycles. The predicted molar refractivity (Wildman–Crippen MR) is 101 cm³/mol. The van der Waals surface area contributed by atoms with Gasteiger partial charge in [0, 0.05) is 11.0 Å². The molecule has 30 heavy (non-hydrogen) atoms. The first kappa shape index (κ1) is 22.5. The van der Waals surface area contributed by atoms with E-state index >= 15 is 0 Å². The standard InChI is InChI=1S/C20H21BF5NO3/c1-10-9-12(21-29-18(3,4)19(5,6)30-21)17(27-16(10)20(24,25)26)28-14-8-7-13(22)15(23)11(14)2/h7-9H,1-6H3. The van der Waals surface area contributed by atoms with Gasteiger partial charge >= 0.3 is 13.3 Å². The molecule has 0 bridgehead atoms. The topological polar surface area (TPSA) is 40.6 Å². The molecule has 10 heteroatoms. The Morgan fingerprint density at radius 1 is 1.00 bits per heavy atom. The summed E-state index contributed by atoms with van der Waals surface area (Å²) in [5.41, 5.74) is -2.92. The van der Waals surface area contributed by atoms with Crippen LogP contribution in [-0.2, 0) is 15.5 Å². The van der Waals surface area contributed by atoms with Crippen LogP contribution >= 0.6 is 0 Å². The fourth-order valence-corrected chi connectivity index (χ4v) is 2.97. The zero-order valence-corrected chi connectivity index (χ0v) is 17.4. The molecule has 1 aromatic carbocycles. The molecular formula is C20H21BF5NO3. The number of aromatic nitrogens is 1. The van der Waals surface area contributed by atoms with E-state index in [0.29, 0.717) is 0 Å². The summed E-state index contributed by atoms with van der Waals surface area (Å²) in [6.07, 6.45) is -4.74. The van der Waals surface area contributed by atoms with Crippen LogP contribution in [0.1, 0.15) is 44.5 Å². The average Bonchev–Trinajstić information content (AvgIpc) is 2.83. The Morgan fingerprint density at radius 2 is 1.57 bits per heavy atom. The quantitative estimate of drug-likeness (QED) is 0.504. The van der Waals surface area contributed by atoms with E-state index in [-0.39, 0.29) is 22.3 Å². The highest BCUT2D eigenvalue weighted by Crippen LogP contribution is 2.39. The number of halogens is 5. The third-order valence-electron chi connectivity index (χ3n) is 5.48. The summed E-state index contributed by atoms with van der Waals surface area (Å²) in [7, 11) is -1.07. The highest BCUT2D eigenvalue weighted by Gasteiger charge is 2.53. The summed E-state index contributed by atoms with van der Waals surface area (Å²) in [4.78, 5) is 3.65. The molecule has 2 aromatic rings. The Kier molecular flexibility index (Phi) is 5.39. The van der Waals surface area contributed by atoms with Gasteiger partial charge in [-0.15, -0.1) is 0 Å². The minimum absolute atomic E-state index is 0.114. The lowest BCUT2D eigenvalue weighted by atomic mass is 9.78. The van der Waals surface area contributed by atoms with Crippen molar-refractivity contribution in [3.63, 3.8) is 0 Å². The van der Waals surface area contributed by atoms with Crippen LogP contribution in [0.3, 0.4) is 0 Å². The predicted octanol–water partition coefficient (Wildman–Crippen LogP) is 5.09. The van der Waals surface area contributed by atoms with Crippen LogP contribution < -0.4 is 10.2 Å². The lowest BCUT2D eigenvalue weighted by Crippen LogP contribution is -2.41. The van der Waals surface area contributed by atoms with E-state index in [1.165, 1.54) is 19.9 Å². The number of rotatable bonds is 3. The van der Waals surface area contributed by atoms with Gasteiger partial charge in [0.1, 0.15) is 5.75 Å². The first-order valence-corrected chi connectivity index (χ1v) is 9.21. The molecule has 2 heterocycles. The summed E-state index contributed by atoms with van der Waals surface area (Å²) in [6, 6.07) is 3.17. The lowest BCUT2D eigenvalue weighted by Gasteiger charge is -2.32.